The number of anilines is 1. The molecule has 0 saturated heterocycles. The van der Waals surface area contributed by atoms with E-state index in [-0.39, 0.29) is 16.1 Å². The van der Waals surface area contributed by atoms with E-state index in [2.05, 4.69) is 0 Å². The molecule has 2 rings (SSSR count). The van der Waals surface area contributed by atoms with Crippen LogP contribution in [0.15, 0.2) is 24.3 Å². The summed E-state index contributed by atoms with van der Waals surface area (Å²) in [5.41, 5.74) is 5.64. The number of nitriles is 1. The summed E-state index contributed by atoms with van der Waals surface area (Å²) in [6, 6.07) is 6.90. The number of rotatable bonds is 1. The lowest BCUT2D eigenvalue weighted by Crippen LogP contribution is -1.86. The molecule has 0 aliphatic rings. The Morgan fingerprint density at radius 1 is 1.25 bits per heavy atom. The van der Waals surface area contributed by atoms with Gasteiger partial charge in [0.25, 0.3) is 0 Å². The second kappa shape index (κ2) is 3.91. The van der Waals surface area contributed by atoms with Gasteiger partial charge in [-0.25, -0.2) is 8.78 Å². The Kier molecular flexibility index (Phi) is 2.59. The van der Waals surface area contributed by atoms with Crippen LogP contribution in [-0.2, 0) is 0 Å². The number of thiophene rings is 1. The van der Waals surface area contributed by atoms with Crippen molar-refractivity contribution in [3.8, 4) is 16.5 Å². The Labute approximate surface area is 94.6 Å². The number of nitrogens with zero attached hydrogens (tertiary/aromatic N) is 1. The first-order chi connectivity index (χ1) is 7.63. The summed E-state index contributed by atoms with van der Waals surface area (Å²) in [7, 11) is 0. The lowest BCUT2D eigenvalue weighted by Gasteiger charge is -2.00. The van der Waals surface area contributed by atoms with E-state index in [1.165, 1.54) is 24.3 Å². The van der Waals surface area contributed by atoms with Gasteiger partial charge in [0.05, 0.1) is 11.3 Å². The van der Waals surface area contributed by atoms with Gasteiger partial charge in [0.1, 0.15) is 22.6 Å². The molecule has 0 aliphatic heterocycles. The third-order valence-corrected chi connectivity index (χ3v) is 3.14. The molecule has 0 radical (unpaired) electrons. The van der Waals surface area contributed by atoms with Crippen LogP contribution in [0, 0.1) is 23.0 Å². The first kappa shape index (κ1) is 10.6. The normalized spacial score (nSPS) is 10.1. The van der Waals surface area contributed by atoms with E-state index in [0.29, 0.717) is 4.88 Å². The maximum Gasteiger partial charge on any atom is 0.134 e. The molecular weight excluding hydrogens is 230 g/mol. The molecular formula is C11H6F2N2S. The van der Waals surface area contributed by atoms with Gasteiger partial charge in [-0.05, 0) is 18.2 Å². The molecule has 0 saturated carbocycles. The van der Waals surface area contributed by atoms with E-state index < -0.39 is 11.6 Å². The molecule has 1 heterocycles. The van der Waals surface area contributed by atoms with Crippen LogP contribution in [0.4, 0.5) is 14.5 Å². The van der Waals surface area contributed by atoms with Crippen LogP contribution in [-0.4, -0.2) is 0 Å². The minimum Gasteiger partial charge on any atom is -0.397 e. The number of nitrogens with two attached hydrogens (primary N) is 1. The average molecular weight is 236 g/mol. The highest BCUT2D eigenvalue weighted by molar-refractivity contribution is 7.16. The van der Waals surface area contributed by atoms with Crippen molar-refractivity contribution in [1.29, 1.82) is 5.26 Å². The molecule has 0 bridgehead atoms. The van der Waals surface area contributed by atoms with E-state index >= 15 is 0 Å². The molecule has 1 aromatic carbocycles. The molecule has 0 fully saturated rings. The highest BCUT2D eigenvalue weighted by Gasteiger charge is 2.15. The highest BCUT2D eigenvalue weighted by atomic mass is 32.1. The van der Waals surface area contributed by atoms with Gasteiger partial charge < -0.3 is 5.73 Å². The molecule has 0 atom stereocenters. The first-order valence-corrected chi connectivity index (χ1v) is 5.19. The molecule has 80 valence electrons. The first-order valence-electron chi connectivity index (χ1n) is 4.37. The quantitative estimate of drug-likeness (QED) is 0.826. The summed E-state index contributed by atoms with van der Waals surface area (Å²) in [5.74, 6) is -1.32. The second-order valence-corrected chi connectivity index (χ2v) is 4.16. The van der Waals surface area contributed by atoms with Crippen molar-refractivity contribution in [3.63, 3.8) is 0 Å². The van der Waals surface area contributed by atoms with Gasteiger partial charge in [0, 0.05) is 4.88 Å². The standard InChI is InChI=1S/C11H6F2N2S/c12-6-2-1-3-7(13)11(6)9-4-8(15)10(5-14)16-9/h1-4H,15H2. The molecule has 2 aromatic rings. The van der Waals surface area contributed by atoms with Gasteiger partial charge in [-0.3, -0.25) is 0 Å². The molecule has 1 aromatic heterocycles. The van der Waals surface area contributed by atoms with Gasteiger partial charge in [-0.1, -0.05) is 6.07 Å². The number of benzene rings is 1. The van der Waals surface area contributed by atoms with Crippen LogP contribution in [0.2, 0.25) is 0 Å². The van der Waals surface area contributed by atoms with Crippen molar-refractivity contribution in [2.24, 2.45) is 0 Å². The van der Waals surface area contributed by atoms with Crippen LogP contribution >= 0.6 is 11.3 Å². The van der Waals surface area contributed by atoms with E-state index in [9.17, 15) is 8.78 Å². The van der Waals surface area contributed by atoms with Gasteiger partial charge in [-0.2, -0.15) is 5.26 Å². The van der Waals surface area contributed by atoms with Crippen LogP contribution in [0.1, 0.15) is 4.88 Å². The SMILES string of the molecule is N#Cc1sc(-c2c(F)cccc2F)cc1N. The molecule has 16 heavy (non-hydrogen) atoms. The fourth-order valence-electron chi connectivity index (χ4n) is 1.35. The fraction of sp³-hybridized carbons (Fsp3) is 0. The van der Waals surface area contributed by atoms with Crippen LogP contribution in [0.3, 0.4) is 0 Å². The Morgan fingerprint density at radius 3 is 2.38 bits per heavy atom. The number of nitrogen functional groups attached to an aromatic ring is 1. The molecule has 2 N–H and O–H groups in total. The summed E-state index contributed by atoms with van der Waals surface area (Å²) >= 11 is 0.975. The highest BCUT2D eigenvalue weighted by Crippen LogP contribution is 2.35. The number of halogens is 2. The van der Waals surface area contributed by atoms with Crippen LogP contribution in [0.25, 0.3) is 10.4 Å². The zero-order valence-corrected chi connectivity index (χ0v) is 8.81. The lowest BCUT2D eigenvalue weighted by molar-refractivity contribution is 0.590. The Morgan fingerprint density at radius 2 is 1.88 bits per heavy atom. The Hall–Kier alpha value is -1.93. The Balaban J connectivity index is 2.64. The van der Waals surface area contributed by atoms with Gasteiger partial charge in [0.2, 0.25) is 0 Å². The maximum absolute atomic E-state index is 13.4. The molecule has 0 amide bonds. The number of hydrogen-bond acceptors (Lipinski definition) is 3. The maximum atomic E-state index is 13.4. The lowest BCUT2D eigenvalue weighted by atomic mass is 10.1. The topological polar surface area (TPSA) is 49.8 Å². The predicted molar refractivity (Wildman–Crippen MR) is 58.8 cm³/mol. The summed E-state index contributed by atoms with van der Waals surface area (Å²) in [6.45, 7) is 0. The molecule has 0 aliphatic carbocycles. The van der Waals surface area contributed by atoms with Crippen molar-refractivity contribution in [1.82, 2.24) is 0 Å². The van der Waals surface area contributed by atoms with E-state index in [1.54, 1.807) is 0 Å². The van der Waals surface area contributed by atoms with E-state index in [0.717, 1.165) is 11.3 Å². The summed E-state index contributed by atoms with van der Waals surface area (Å²) in [5, 5.41) is 8.71. The molecule has 0 unspecified atom stereocenters. The van der Waals surface area contributed by atoms with E-state index in [1.807, 2.05) is 6.07 Å². The summed E-state index contributed by atoms with van der Waals surface area (Å²) in [6.07, 6.45) is 0. The third-order valence-electron chi connectivity index (χ3n) is 2.07. The van der Waals surface area contributed by atoms with Crippen molar-refractivity contribution < 1.29 is 8.78 Å². The van der Waals surface area contributed by atoms with Crippen molar-refractivity contribution >= 4 is 17.0 Å². The van der Waals surface area contributed by atoms with Crippen molar-refractivity contribution in [2.45, 2.75) is 0 Å². The van der Waals surface area contributed by atoms with E-state index in [4.69, 9.17) is 11.0 Å². The van der Waals surface area contributed by atoms with Gasteiger partial charge in [-0.15, -0.1) is 11.3 Å². The summed E-state index contributed by atoms with van der Waals surface area (Å²) in [4.78, 5) is 0.585. The minimum atomic E-state index is -0.661. The smallest absolute Gasteiger partial charge is 0.134 e. The van der Waals surface area contributed by atoms with Crippen LogP contribution < -0.4 is 5.73 Å². The zero-order chi connectivity index (χ0) is 11.7. The third kappa shape index (κ3) is 1.64. The molecule has 5 heteroatoms. The predicted octanol–water partition coefficient (Wildman–Crippen LogP) is 3.15. The zero-order valence-electron chi connectivity index (χ0n) is 8.00. The average Bonchev–Trinajstić information content (AvgIpc) is 2.59. The minimum absolute atomic E-state index is 0.138. The fourth-order valence-corrected chi connectivity index (χ4v) is 2.27. The Bertz CT molecular complexity index is 564. The van der Waals surface area contributed by atoms with Crippen molar-refractivity contribution in [2.75, 3.05) is 5.73 Å². The number of hydrogen-bond donors (Lipinski definition) is 1. The monoisotopic (exact) mass is 236 g/mol. The second-order valence-electron chi connectivity index (χ2n) is 3.10. The van der Waals surface area contributed by atoms with Crippen molar-refractivity contribution in [3.05, 3.63) is 40.8 Å². The summed E-state index contributed by atoms with van der Waals surface area (Å²) < 4.78 is 26.8. The van der Waals surface area contributed by atoms with Gasteiger partial charge in [0.15, 0.2) is 0 Å². The van der Waals surface area contributed by atoms with Gasteiger partial charge >= 0.3 is 0 Å². The molecule has 0 spiro atoms. The van der Waals surface area contributed by atoms with Crippen LogP contribution in [0.5, 0.6) is 0 Å². The largest absolute Gasteiger partial charge is 0.397 e. The molecule has 2 nitrogen and oxygen atoms in total.